The van der Waals surface area contributed by atoms with E-state index in [0.29, 0.717) is 0 Å². The molecule has 0 saturated heterocycles. The van der Waals surface area contributed by atoms with E-state index in [1.54, 1.807) is 0 Å². The molecule has 0 aromatic heterocycles. The molecular weight excluding hydrogens is 234 g/mol. The summed E-state index contributed by atoms with van der Waals surface area (Å²) in [5.41, 5.74) is 5.07. The number of nitrogens with one attached hydrogen (secondary N) is 1. The van der Waals surface area contributed by atoms with Crippen LogP contribution < -0.4 is 10.1 Å². The fraction of sp³-hybridized carbons (Fsp3) is 0.294. The largest absolute Gasteiger partial charge is 0.493 e. The maximum Gasteiger partial charge on any atom is 0.127 e. The van der Waals surface area contributed by atoms with Crippen LogP contribution in [-0.4, -0.2) is 13.2 Å². The van der Waals surface area contributed by atoms with Crippen LogP contribution in [0, 0.1) is 0 Å². The molecule has 1 aliphatic heterocycles. The third-order valence-corrected chi connectivity index (χ3v) is 3.48. The van der Waals surface area contributed by atoms with Crippen molar-refractivity contribution in [1.82, 2.24) is 0 Å². The minimum Gasteiger partial charge on any atom is -0.493 e. The summed E-state index contributed by atoms with van der Waals surface area (Å²) in [5, 5.41) is 3.43. The molecular formula is C17H19NO. The monoisotopic (exact) mass is 253 g/mol. The third-order valence-electron chi connectivity index (χ3n) is 3.48. The average molecular weight is 253 g/mol. The second-order valence-electron chi connectivity index (χ2n) is 4.89. The first-order valence-corrected chi connectivity index (χ1v) is 6.97. The second-order valence-corrected chi connectivity index (χ2v) is 4.89. The van der Waals surface area contributed by atoms with Gasteiger partial charge in [0.15, 0.2) is 0 Å². The Morgan fingerprint density at radius 3 is 2.95 bits per heavy atom. The zero-order valence-electron chi connectivity index (χ0n) is 11.3. The molecule has 98 valence electrons. The molecule has 0 bridgehead atoms. The lowest BCUT2D eigenvalue weighted by Crippen LogP contribution is -1.97. The third kappa shape index (κ3) is 2.43. The van der Waals surface area contributed by atoms with Crippen molar-refractivity contribution in [3.63, 3.8) is 0 Å². The summed E-state index contributed by atoms with van der Waals surface area (Å²) in [7, 11) is 0. The van der Waals surface area contributed by atoms with Crippen molar-refractivity contribution < 1.29 is 4.74 Å². The fourth-order valence-electron chi connectivity index (χ4n) is 2.50. The normalized spacial score (nSPS) is 12.9. The summed E-state index contributed by atoms with van der Waals surface area (Å²) >= 11 is 0. The highest BCUT2D eigenvalue weighted by Gasteiger charge is 2.12. The van der Waals surface area contributed by atoms with Crippen LogP contribution in [0.1, 0.15) is 18.9 Å². The number of hydrogen-bond acceptors (Lipinski definition) is 2. The van der Waals surface area contributed by atoms with Gasteiger partial charge in [0.05, 0.1) is 6.61 Å². The van der Waals surface area contributed by atoms with Crippen molar-refractivity contribution in [3.8, 4) is 16.9 Å². The predicted molar refractivity (Wildman–Crippen MR) is 79.9 cm³/mol. The lowest BCUT2D eigenvalue weighted by molar-refractivity contribution is 0.318. The smallest absolute Gasteiger partial charge is 0.127 e. The Balaban J connectivity index is 1.97. The van der Waals surface area contributed by atoms with Crippen molar-refractivity contribution in [2.45, 2.75) is 19.8 Å². The summed E-state index contributed by atoms with van der Waals surface area (Å²) < 4.78 is 5.84. The van der Waals surface area contributed by atoms with Crippen molar-refractivity contribution >= 4 is 5.69 Å². The molecule has 2 aromatic rings. The van der Waals surface area contributed by atoms with E-state index in [9.17, 15) is 0 Å². The number of benzene rings is 2. The summed E-state index contributed by atoms with van der Waals surface area (Å²) in [5.74, 6) is 0.974. The van der Waals surface area contributed by atoms with Gasteiger partial charge in [-0.15, -0.1) is 0 Å². The second kappa shape index (κ2) is 5.35. The molecule has 0 unspecified atom stereocenters. The van der Waals surface area contributed by atoms with Gasteiger partial charge in [0.25, 0.3) is 0 Å². The number of anilines is 1. The van der Waals surface area contributed by atoms with Gasteiger partial charge in [-0.3, -0.25) is 0 Å². The summed E-state index contributed by atoms with van der Waals surface area (Å²) in [4.78, 5) is 0. The van der Waals surface area contributed by atoms with Crippen molar-refractivity contribution in [3.05, 3.63) is 48.0 Å². The van der Waals surface area contributed by atoms with E-state index in [0.717, 1.165) is 31.7 Å². The molecule has 1 aliphatic rings. The molecule has 1 N–H and O–H groups in total. The Labute approximate surface area is 114 Å². The summed E-state index contributed by atoms with van der Waals surface area (Å²) in [6, 6.07) is 14.9. The fourth-order valence-corrected chi connectivity index (χ4v) is 2.50. The number of fused-ring (bicyclic) bond motifs is 1. The van der Waals surface area contributed by atoms with Crippen LogP contribution in [0.15, 0.2) is 42.5 Å². The van der Waals surface area contributed by atoms with Crippen molar-refractivity contribution in [2.75, 3.05) is 18.5 Å². The molecule has 2 aromatic carbocycles. The number of ether oxygens (including phenoxy) is 1. The van der Waals surface area contributed by atoms with Gasteiger partial charge < -0.3 is 10.1 Å². The lowest BCUT2D eigenvalue weighted by Gasteiger charge is -2.12. The minimum atomic E-state index is 0.764. The van der Waals surface area contributed by atoms with Crippen molar-refractivity contribution in [2.24, 2.45) is 0 Å². The van der Waals surface area contributed by atoms with Gasteiger partial charge >= 0.3 is 0 Å². The van der Waals surface area contributed by atoms with Gasteiger partial charge in [-0.25, -0.2) is 0 Å². The van der Waals surface area contributed by atoms with E-state index in [2.05, 4.69) is 42.6 Å². The Morgan fingerprint density at radius 1 is 1.16 bits per heavy atom. The quantitative estimate of drug-likeness (QED) is 0.885. The summed E-state index contributed by atoms with van der Waals surface area (Å²) in [6.45, 7) is 3.94. The summed E-state index contributed by atoms with van der Waals surface area (Å²) in [6.07, 6.45) is 2.16. The van der Waals surface area contributed by atoms with E-state index >= 15 is 0 Å². The first-order valence-electron chi connectivity index (χ1n) is 6.97. The highest BCUT2D eigenvalue weighted by Crippen LogP contribution is 2.34. The van der Waals surface area contributed by atoms with E-state index in [1.165, 1.54) is 22.4 Å². The van der Waals surface area contributed by atoms with Crippen LogP contribution in [0.2, 0.25) is 0 Å². The van der Waals surface area contributed by atoms with Crippen LogP contribution in [-0.2, 0) is 6.42 Å². The van der Waals surface area contributed by atoms with Gasteiger partial charge in [0, 0.05) is 17.8 Å². The molecule has 0 amide bonds. The molecule has 0 radical (unpaired) electrons. The number of rotatable bonds is 4. The standard InChI is InChI=1S/C17H19NO/c1-2-11-19-17-6-4-3-5-15(17)14-8-7-13-9-10-18-16(13)12-14/h3-8,12,18H,2,9-11H2,1H3. The number of para-hydroxylation sites is 1. The predicted octanol–water partition coefficient (Wildman–Crippen LogP) is 4.11. The molecule has 1 heterocycles. The first kappa shape index (κ1) is 12.1. The van der Waals surface area contributed by atoms with Gasteiger partial charge in [-0.1, -0.05) is 37.3 Å². The molecule has 3 rings (SSSR count). The Hall–Kier alpha value is -1.96. The average Bonchev–Trinajstić information content (AvgIpc) is 2.92. The van der Waals surface area contributed by atoms with Crippen LogP contribution in [0.25, 0.3) is 11.1 Å². The molecule has 0 fully saturated rings. The molecule has 0 atom stereocenters. The minimum absolute atomic E-state index is 0.764. The van der Waals surface area contributed by atoms with Gasteiger partial charge in [0.1, 0.15) is 5.75 Å². The maximum atomic E-state index is 5.84. The van der Waals surface area contributed by atoms with Crippen LogP contribution in [0.4, 0.5) is 5.69 Å². The Morgan fingerprint density at radius 2 is 2.05 bits per heavy atom. The van der Waals surface area contributed by atoms with Crippen molar-refractivity contribution in [1.29, 1.82) is 0 Å². The first-order chi connectivity index (χ1) is 9.38. The van der Waals surface area contributed by atoms with E-state index in [1.807, 2.05) is 12.1 Å². The van der Waals surface area contributed by atoms with Gasteiger partial charge in [-0.05, 0) is 36.1 Å². The highest BCUT2D eigenvalue weighted by atomic mass is 16.5. The molecule has 0 saturated carbocycles. The topological polar surface area (TPSA) is 21.3 Å². The SMILES string of the molecule is CCCOc1ccccc1-c1ccc2c(c1)NCC2. The zero-order valence-corrected chi connectivity index (χ0v) is 11.3. The molecule has 2 nitrogen and oxygen atoms in total. The van der Waals surface area contributed by atoms with Gasteiger partial charge in [-0.2, -0.15) is 0 Å². The lowest BCUT2D eigenvalue weighted by atomic mass is 10.0. The van der Waals surface area contributed by atoms with E-state index in [4.69, 9.17) is 4.74 Å². The molecule has 0 aliphatic carbocycles. The van der Waals surface area contributed by atoms with Gasteiger partial charge in [0.2, 0.25) is 0 Å². The van der Waals surface area contributed by atoms with Crippen LogP contribution >= 0.6 is 0 Å². The van der Waals surface area contributed by atoms with E-state index in [-0.39, 0.29) is 0 Å². The zero-order chi connectivity index (χ0) is 13.1. The van der Waals surface area contributed by atoms with Crippen LogP contribution in [0.3, 0.4) is 0 Å². The van der Waals surface area contributed by atoms with Crippen LogP contribution in [0.5, 0.6) is 5.75 Å². The van der Waals surface area contributed by atoms with E-state index < -0.39 is 0 Å². The Bertz CT molecular complexity index is 577. The molecule has 2 heteroatoms. The molecule has 0 spiro atoms. The Kier molecular flexibility index (Phi) is 3.41. The molecule has 19 heavy (non-hydrogen) atoms. The highest BCUT2D eigenvalue weighted by molar-refractivity contribution is 5.75. The number of hydrogen-bond donors (Lipinski definition) is 1. The maximum absolute atomic E-state index is 5.84.